The molecule has 0 aliphatic heterocycles. The van der Waals surface area contributed by atoms with Gasteiger partial charge in [-0.1, -0.05) is 60.3 Å². The number of carbonyl (C=O) groups is 1. The van der Waals surface area contributed by atoms with Crippen molar-refractivity contribution in [2.24, 2.45) is 0 Å². The van der Waals surface area contributed by atoms with Gasteiger partial charge in [0.15, 0.2) is 20.5 Å². The van der Waals surface area contributed by atoms with E-state index < -0.39 is 64.4 Å². The third kappa shape index (κ3) is 33.3. The van der Waals surface area contributed by atoms with Crippen LogP contribution in [0.25, 0.3) is 0 Å². The maximum absolute atomic E-state index is 11.4. The molecule has 0 aliphatic rings. The summed E-state index contributed by atoms with van der Waals surface area (Å²) in [6.45, 7) is 1.59. The van der Waals surface area contributed by atoms with Crippen LogP contribution in [0.2, 0.25) is 0 Å². The van der Waals surface area contributed by atoms with E-state index in [1.54, 1.807) is 18.7 Å². The van der Waals surface area contributed by atoms with Crippen molar-refractivity contribution in [1.82, 2.24) is 0 Å². The largest absolute Gasteiger partial charge is 0.487 e. The average molecular weight is 1340 g/mol. The van der Waals surface area contributed by atoms with Crippen molar-refractivity contribution in [3.8, 4) is 138 Å². The molecule has 4 aromatic rings. The molecule has 0 bridgehead atoms. The number of Topliss-reactive ketones (excluding diaryl/α,β-unsaturated/α-hetero) is 1. The summed E-state index contributed by atoms with van der Waals surface area (Å²) in [5, 5.41) is 0. The van der Waals surface area contributed by atoms with Crippen LogP contribution in [0.5, 0.6) is 0 Å². The van der Waals surface area contributed by atoms with Crippen LogP contribution in [0, 0.1) is 138 Å². The fourth-order valence-corrected chi connectivity index (χ4v) is 10.4. The Morgan fingerprint density at radius 1 is 0.349 bits per heavy atom. The number of hydrogen-bond donors (Lipinski definition) is 0. The van der Waals surface area contributed by atoms with Gasteiger partial charge in [-0.05, 0) is 67.6 Å². The van der Waals surface area contributed by atoms with Crippen LogP contribution >= 0.6 is 11.8 Å². The van der Waals surface area contributed by atoms with Gasteiger partial charge in [-0.3, -0.25) is 4.79 Å². The minimum absolute atomic E-state index is 0. The first kappa shape index (κ1) is 79.0. The number of terminal acetylenes is 4. The fraction of sp³-hybridized carbons (Fsp3) is 0.155. The van der Waals surface area contributed by atoms with Gasteiger partial charge in [-0.2, -0.15) is 105 Å². The van der Waals surface area contributed by atoms with Crippen molar-refractivity contribution in [1.29, 1.82) is 0 Å². The molecule has 0 aromatic heterocycles. The molecule has 0 saturated heterocycles. The molecule has 86 heavy (non-hydrogen) atoms. The number of benzene rings is 4. The first-order valence-corrected chi connectivity index (χ1v) is 28.2. The van der Waals surface area contributed by atoms with E-state index in [1.807, 2.05) is 24.3 Å². The summed E-state index contributed by atoms with van der Waals surface area (Å²) in [5.74, 6) is 38.6. The van der Waals surface area contributed by atoms with E-state index in [1.165, 1.54) is 19.6 Å². The second kappa shape index (κ2) is 36.6. The number of carbonyl (C=O) groups excluding carboxylic acids is 1. The molecule has 1 nitrogen and oxygen atoms in total. The number of halogens is 24. The van der Waals surface area contributed by atoms with Gasteiger partial charge in [-0.25, -0.2) is 0 Å². The minimum Gasteiger partial charge on any atom is -0.295 e. The van der Waals surface area contributed by atoms with Gasteiger partial charge < -0.3 is 0 Å². The Balaban J connectivity index is -0.000000259. The van der Waals surface area contributed by atoms with Gasteiger partial charge in [0.25, 0.3) is 0 Å². The molecule has 0 radical (unpaired) electrons. The summed E-state index contributed by atoms with van der Waals surface area (Å²) in [4.78, 5) is 17.7. The maximum atomic E-state index is 11.4. The molecule has 4 rings (SSSR count). The Hall–Kier alpha value is -9.07. The van der Waals surface area contributed by atoms with Gasteiger partial charge in [0.1, 0.15) is 0 Å². The Bertz CT molecular complexity index is 3190. The molecule has 454 valence electrons. The third-order valence-corrected chi connectivity index (χ3v) is 15.8. The molecule has 0 unspecified atom stereocenters. The number of ketones is 1. The maximum Gasteiger partial charge on any atom is 0.487 e. The molecule has 0 N–H and O–H groups in total. The van der Waals surface area contributed by atoms with E-state index in [-0.39, 0.29) is 22.4 Å². The van der Waals surface area contributed by atoms with Crippen molar-refractivity contribution < 1.29 is 116 Å². The second-order valence-electron chi connectivity index (χ2n) is 14.1. The zero-order chi connectivity index (χ0) is 66.7. The molecule has 0 aliphatic carbocycles. The summed E-state index contributed by atoms with van der Waals surface area (Å²) in [7, 11) is -0.124. The minimum atomic E-state index is -6.06. The predicted octanol–water partition coefficient (Wildman–Crippen LogP) is 16.7. The SMILES string of the molecule is C#CC#CC#[C][Ga-]([C]#CC#CC#C)([C]#CC#CC#C)[C]#CC#CC#C.CC(=O)c1ccc(Sc2ccc([S+](c3ccccc3)c3ccccc3)cc2)cc1.FC(F)(F)C(F)(F)F.FC(F)(F)C(F)(F)F.FC(F)(F)C(F)(F)F.FC(F)(F)C(F)(F)F.[HH].[HH].[HH].[HH]. The Morgan fingerprint density at radius 2 is 0.570 bits per heavy atom. The van der Waals surface area contributed by atoms with Crippen LogP contribution in [-0.4, -0.2) is 70.2 Å². The first-order chi connectivity index (χ1) is 39.4. The van der Waals surface area contributed by atoms with Crippen molar-refractivity contribution in [2.45, 2.75) is 80.8 Å². The Labute approximate surface area is 491 Å². The van der Waals surface area contributed by atoms with Crippen molar-refractivity contribution in [3.63, 3.8) is 0 Å². The monoisotopic (exact) mass is 1330 g/mol. The van der Waals surface area contributed by atoms with Gasteiger partial charge >= 0.3 is 203 Å². The van der Waals surface area contributed by atoms with E-state index in [0.29, 0.717) is 0 Å². The summed E-state index contributed by atoms with van der Waals surface area (Å²) in [6, 6.07) is 38.0. The van der Waals surface area contributed by atoms with Crippen molar-refractivity contribution >= 4 is 43.5 Å². The van der Waals surface area contributed by atoms with Crippen molar-refractivity contribution in [2.75, 3.05) is 0 Å². The predicted molar refractivity (Wildman–Crippen MR) is 282 cm³/mol. The van der Waals surface area contributed by atoms with Gasteiger partial charge in [-0.15, -0.1) is 0 Å². The normalized spacial score (nSPS) is 10.5. The van der Waals surface area contributed by atoms with Crippen molar-refractivity contribution in [3.05, 3.63) is 115 Å². The van der Waals surface area contributed by atoms with E-state index in [2.05, 4.69) is 198 Å². The van der Waals surface area contributed by atoms with Crippen LogP contribution in [0.3, 0.4) is 0 Å². The van der Waals surface area contributed by atoms with E-state index in [9.17, 15) is 110 Å². The topological polar surface area (TPSA) is 17.1 Å². The standard InChI is InChI=1S/C26H21OS2.4C6H.4C2F6.Ga.4H2/c1-20(27)21-12-14-22(15-13-21)28-23-16-18-26(19-17-23)29(24-8-4-2-5-9-24)25-10-6-3-7-11-25;4*1-3-5-6-4-2;4*3-1(4,5)2(6,7)8;;;;;/h2-19H,1H3;4*1H;;;;;;4*1H/q+1;;;;;;;;;-1;;;;. The van der Waals surface area contributed by atoms with Gasteiger partial charge in [0, 0.05) is 21.1 Å². The molecule has 0 fully saturated rings. The van der Waals surface area contributed by atoms with E-state index in [4.69, 9.17) is 25.7 Å². The molecule has 28 heteroatoms. The zero-order valence-electron chi connectivity index (χ0n) is 42.1. The summed E-state index contributed by atoms with van der Waals surface area (Å²) >= 11 is -2.20. The third-order valence-electron chi connectivity index (χ3n) is 7.74. The van der Waals surface area contributed by atoms with Gasteiger partial charge in [0.05, 0.1) is 10.9 Å². The van der Waals surface area contributed by atoms with Crippen LogP contribution in [0.4, 0.5) is 105 Å². The summed E-state index contributed by atoms with van der Waals surface area (Å²) in [5.41, 5.74) is 0.750. The Kier molecular flexibility index (Phi) is 33.6. The number of hydrogen-bond acceptors (Lipinski definition) is 2. The molecule has 0 saturated carbocycles. The van der Waals surface area contributed by atoms with Gasteiger partial charge in [0.2, 0.25) is 0 Å². The van der Waals surface area contributed by atoms with Crippen LogP contribution in [0.15, 0.2) is 134 Å². The smallest absolute Gasteiger partial charge is 0.295 e. The van der Waals surface area contributed by atoms with E-state index >= 15 is 0 Å². The number of rotatable bonds is 6. The molecule has 4 aromatic carbocycles. The molecular formula is C58H33F24GaOS2. The zero-order valence-corrected chi connectivity index (χ0v) is 46.1. The van der Waals surface area contributed by atoms with Crippen LogP contribution < -0.4 is 0 Å². The quantitative estimate of drug-likeness (QED) is 0.0629. The molecule has 0 spiro atoms. The van der Waals surface area contributed by atoms with Crippen LogP contribution in [-0.2, 0) is 10.9 Å². The average Bonchev–Trinajstić information content (AvgIpc) is 3.48. The van der Waals surface area contributed by atoms with E-state index in [0.717, 1.165) is 10.5 Å². The summed E-state index contributed by atoms with van der Waals surface area (Å²) in [6.07, 6.45) is -28.3. The van der Waals surface area contributed by atoms with Crippen LogP contribution in [0.1, 0.15) is 23.0 Å². The molecule has 0 heterocycles. The fourth-order valence-electron chi connectivity index (χ4n) is 4.12. The number of alkyl halides is 24. The molecule has 0 amide bonds. The molecular weight excluding hydrogens is 1300 g/mol. The summed E-state index contributed by atoms with van der Waals surface area (Å²) < 4.78 is 262. The molecule has 0 atom stereocenters. The second-order valence-corrected chi connectivity index (χ2v) is 23.3. The Morgan fingerprint density at radius 3 is 0.779 bits per heavy atom. The first-order valence-electron chi connectivity index (χ1n) is 21.3.